The van der Waals surface area contributed by atoms with Gasteiger partial charge < -0.3 is 4.90 Å². The summed E-state index contributed by atoms with van der Waals surface area (Å²) < 4.78 is 40.1. The normalized spacial score (nSPS) is 15.1. The van der Waals surface area contributed by atoms with E-state index >= 15 is 0 Å². The molecule has 0 amide bonds. The standard InChI is InChI=1S/C23H15F3N2S/c24-23(25,26)17-11-10-16-12-21-22(27-18-8-4-5-9-20(18)29-21)28(19(16)13-17)14-15-6-2-1-3-7-15/h1-13H,14H2. The van der Waals surface area contributed by atoms with Crippen LogP contribution >= 0.6 is 11.8 Å². The van der Waals surface area contributed by atoms with E-state index in [0.29, 0.717) is 18.1 Å². The van der Waals surface area contributed by atoms with Gasteiger partial charge in [-0.1, -0.05) is 60.3 Å². The predicted octanol–water partition coefficient (Wildman–Crippen LogP) is 6.90. The van der Waals surface area contributed by atoms with Crippen molar-refractivity contribution in [3.63, 3.8) is 0 Å². The molecule has 2 heterocycles. The summed E-state index contributed by atoms with van der Waals surface area (Å²) in [5.74, 6) is 0.685. The SMILES string of the molecule is FC(F)(F)c1ccc2c(c1)N(Cc1ccccc1)C1=Nc3ccccc3SC1=C2. The number of aliphatic imine (C=N–C) groups is 1. The number of benzene rings is 3. The van der Waals surface area contributed by atoms with E-state index in [4.69, 9.17) is 4.99 Å². The quantitative estimate of drug-likeness (QED) is 0.458. The molecule has 0 saturated carbocycles. The highest BCUT2D eigenvalue weighted by Crippen LogP contribution is 2.46. The molecule has 6 heteroatoms. The molecule has 2 nitrogen and oxygen atoms in total. The number of halogens is 3. The highest BCUT2D eigenvalue weighted by Gasteiger charge is 2.34. The number of rotatable bonds is 2. The number of nitrogens with zero attached hydrogens (tertiary/aromatic N) is 2. The summed E-state index contributed by atoms with van der Waals surface area (Å²) in [5, 5.41) is 0. The lowest BCUT2D eigenvalue weighted by Gasteiger charge is -2.35. The molecule has 144 valence electrons. The Morgan fingerprint density at radius 3 is 2.45 bits per heavy atom. The molecule has 0 radical (unpaired) electrons. The lowest BCUT2D eigenvalue weighted by atomic mass is 10.0. The van der Waals surface area contributed by atoms with Crippen molar-refractivity contribution in [3.05, 3.63) is 94.4 Å². The van der Waals surface area contributed by atoms with E-state index in [1.54, 1.807) is 17.8 Å². The molecular formula is C23H15F3N2S. The van der Waals surface area contributed by atoms with Crippen LogP contribution in [0, 0.1) is 0 Å². The van der Waals surface area contributed by atoms with Crippen LogP contribution in [0.5, 0.6) is 0 Å². The largest absolute Gasteiger partial charge is 0.416 e. The zero-order valence-electron chi connectivity index (χ0n) is 15.1. The molecule has 0 bridgehead atoms. The van der Waals surface area contributed by atoms with Gasteiger partial charge in [0.05, 0.1) is 21.8 Å². The number of alkyl halides is 3. The van der Waals surface area contributed by atoms with Crippen LogP contribution in [0.15, 0.2) is 87.6 Å². The highest BCUT2D eigenvalue weighted by atomic mass is 32.2. The second-order valence-corrected chi connectivity index (χ2v) is 7.94. The summed E-state index contributed by atoms with van der Waals surface area (Å²) in [6, 6.07) is 21.4. The van der Waals surface area contributed by atoms with Gasteiger partial charge in [0.1, 0.15) is 5.84 Å². The van der Waals surface area contributed by atoms with E-state index in [1.165, 1.54) is 6.07 Å². The summed E-state index contributed by atoms with van der Waals surface area (Å²) in [6.45, 7) is 0.439. The van der Waals surface area contributed by atoms with E-state index in [0.717, 1.165) is 32.7 Å². The molecule has 3 aromatic carbocycles. The molecule has 0 spiro atoms. The van der Waals surface area contributed by atoms with Crippen molar-refractivity contribution in [1.29, 1.82) is 0 Å². The maximum Gasteiger partial charge on any atom is 0.416 e. The topological polar surface area (TPSA) is 15.6 Å². The lowest BCUT2D eigenvalue weighted by molar-refractivity contribution is -0.137. The molecule has 0 aromatic heterocycles. The van der Waals surface area contributed by atoms with Gasteiger partial charge in [-0.3, -0.25) is 0 Å². The molecule has 5 rings (SSSR count). The number of thioether (sulfide) groups is 1. The van der Waals surface area contributed by atoms with Gasteiger partial charge in [0.15, 0.2) is 0 Å². The number of fused-ring (bicyclic) bond motifs is 3. The zero-order chi connectivity index (χ0) is 20.0. The maximum absolute atomic E-state index is 13.4. The first-order valence-corrected chi connectivity index (χ1v) is 9.91. The minimum Gasteiger partial charge on any atom is -0.320 e. The lowest BCUT2D eigenvalue weighted by Crippen LogP contribution is -2.34. The van der Waals surface area contributed by atoms with Crippen LogP contribution < -0.4 is 4.90 Å². The molecule has 0 N–H and O–H groups in total. The molecule has 29 heavy (non-hydrogen) atoms. The van der Waals surface area contributed by atoms with E-state index in [9.17, 15) is 13.2 Å². The van der Waals surface area contributed by atoms with Crippen molar-refractivity contribution < 1.29 is 13.2 Å². The fraction of sp³-hybridized carbons (Fsp3) is 0.0870. The Balaban J connectivity index is 1.68. The summed E-state index contributed by atoms with van der Waals surface area (Å²) in [4.78, 5) is 8.67. The fourth-order valence-electron chi connectivity index (χ4n) is 3.51. The Bertz CT molecular complexity index is 1150. The second kappa shape index (κ2) is 6.81. The Hall–Kier alpha value is -2.99. The first-order chi connectivity index (χ1) is 14.0. The number of para-hydroxylation sites is 1. The Morgan fingerprint density at radius 1 is 0.897 bits per heavy atom. The van der Waals surface area contributed by atoms with Gasteiger partial charge in [-0.25, -0.2) is 4.99 Å². The van der Waals surface area contributed by atoms with Crippen LogP contribution in [-0.4, -0.2) is 5.84 Å². The van der Waals surface area contributed by atoms with Gasteiger partial charge in [0.2, 0.25) is 0 Å². The Kier molecular flexibility index (Phi) is 4.24. The molecular weight excluding hydrogens is 393 g/mol. The minimum absolute atomic E-state index is 0.439. The zero-order valence-corrected chi connectivity index (χ0v) is 16.0. The number of amidine groups is 1. The van der Waals surface area contributed by atoms with Gasteiger partial charge in [-0.05, 0) is 41.5 Å². The number of hydrogen-bond acceptors (Lipinski definition) is 3. The molecule has 2 aliphatic rings. The molecule has 0 unspecified atom stereocenters. The van der Waals surface area contributed by atoms with Crippen molar-refractivity contribution in [2.75, 3.05) is 4.90 Å². The summed E-state index contributed by atoms with van der Waals surface area (Å²) in [6.07, 6.45) is -2.47. The van der Waals surface area contributed by atoms with Gasteiger partial charge >= 0.3 is 6.18 Å². The molecule has 0 aliphatic carbocycles. The molecule has 2 aliphatic heterocycles. The van der Waals surface area contributed by atoms with Crippen molar-refractivity contribution in [3.8, 4) is 0 Å². The first kappa shape index (κ1) is 18.1. The average molecular weight is 408 g/mol. The molecule has 3 aromatic rings. The monoisotopic (exact) mass is 408 g/mol. The van der Waals surface area contributed by atoms with E-state index in [2.05, 4.69) is 0 Å². The third-order valence-corrected chi connectivity index (χ3v) is 5.99. The number of hydrogen-bond donors (Lipinski definition) is 0. The van der Waals surface area contributed by atoms with Crippen molar-refractivity contribution in [2.45, 2.75) is 17.6 Å². The van der Waals surface area contributed by atoms with E-state index in [1.807, 2.05) is 65.6 Å². The Morgan fingerprint density at radius 2 is 1.66 bits per heavy atom. The Labute approximate surface area is 170 Å². The molecule has 0 atom stereocenters. The number of anilines is 1. The van der Waals surface area contributed by atoms with Gasteiger partial charge in [0, 0.05) is 11.4 Å². The minimum atomic E-state index is -4.40. The summed E-state index contributed by atoms with van der Waals surface area (Å²) >= 11 is 1.60. The first-order valence-electron chi connectivity index (χ1n) is 9.09. The van der Waals surface area contributed by atoms with Crippen LogP contribution in [-0.2, 0) is 12.7 Å². The van der Waals surface area contributed by atoms with Crippen LogP contribution in [0.3, 0.4) is 0 Å². The van der Waals surface area contributed by atoms with Gasteiger partial charge in [-0.2, -0.15) is 13.2 Å². The second-order valence-electron chi connectivity index (χ2n) is 6.86. The van der Waals surface area contributed by atoms with E-state index < -0.39 is 11.7 Å². The van der Waals surface area contributed by atoms with Crippen molar-refractivity contribution in [1.82, 2.24) is 0 Å². The highest BCUT2D eigenvalue weighted by molar-refractivity contribution is 8.04. The van der Waals surface area contributed by atoms with Crippen LogP contribution in [0.4, 0.5) is 24.5 Å². The maximum atomic E-state index is 13.4. The third kappa shape index (κ3) is 3.34. The van der Waals surface area contributed by atoms with Gasteiger partial charge in [-0.15, -0.1) is 0 Å². The molecule has 0 fully saturated rings. The van der Waals surface area contributed by atoms with E-state index in [-0.39, 0.29) is 0 Å². The molecule has 0 saturated heterocycles. The van der Waals surface area contributed by atoms with Crippen LogP contribution in [0.25, 0.3) is 6.08 Å². The average Bonchev–Trinajstić information content (AvgIpc) is 2.72. The van der Waals surface area contributed by atoms with Gasteiger partial charge in [0.25, 0.3) is 0 Å². The summed E-state index contributed by atoms with van der Waals surface area (Å²) in [5.41, 5.74) is 2.46. The van der Waals surface area contributed by atoms with Crippen molar-refractivity contribution in [2.24, 2.45) is 4.99 Å². The summed E-state index contributed by atoms with van der Waals surface area (Å²) in [7, 11) is 0. The third-order valence-electron chi connectivity index (χ3n) is 4.91. The predicted molar refractivity (Wildman–Crippen MR) is 111 cm³/mol. The fourth-order valence-corrected chi connectivity index (χ4v) is 4.55. The van der Waals surface area contributed by atoms with Crippen LogP contribution in [0.1, 0.15) is 16.7 Å². The smallest absolute Gasteiger partial charge is 0.320 e. The van der Waals surface area contributed by atoms with Crippen molar-refractivity contribution >= 4 is 35.0 Å². The van der Waals surface area contributed by atoms with Crippen LogP contribution in [0.2, 0.25) is 0 Å².